The summed E-state index contributed by atoms with van der Waals surface area (Å²) in [5, 5.41) is 10.5. The third-order valence-corrected chi connectivity index (χ3v) is 12.8. The Morgan fingerprint density at radius 3 is 2.31 bits per heavy atom. The largest absolute Gasteiger partial charge is 0.506 e. The SMILES string of the molecule is CN1C2CCC1CC(N1CCN(C(=O)C(CC(=O)N3CCC(n4c(=O)[nH]c5c6ccccc6ncc54)CC3)Cc3cc(Cl)c(O)c(C(F)(F)F)c3)CC1)C2. The average molecular weight is 768 g/mol. The Morgan fingerprint density at radius 1 is 0.944 bits per heavy atom. The molecule has 54 heavy (non-hydrogen) atoms. The quantitative estimate of drug-likeness (QED) is 0.258. The van der Waals surface area contributed by atoms with Crippen LogP contribution in [0.2, 0.25) is 5.02 Å². The van der Waals surface area contributed by atoms with Gasteiger partial charge in [-0.25, -0.2) is 4.79 Å². The first-order valence-corrected chi connectivity index (χ1v) is 19.3. The second-order valence-electron chi connectivity index (χ2n) is 15.6. The lowest BCUT2D eigenvalue weighted by molar-refractivity contribution is -0.143. The van der Waals surface area contributed by atoms with Crippen molar-refractivity contribution in [2.75, 3.05) is 46.3 Å². The molecular formula is C39H45ClF3N7O4. The van der Waals surface area contributed by atoms with Crippen molar-refractivity contribution in [2.45, 2.75) is 81.7 Å². The molecule has 2 aromatic carbocycles. The molecule has 4 fully saturated rings. The molecule has 15 heteroatoms. The minimum atomic E-state index is -4.86. The highest BCUT2D eigenvalue weighted by molar-refractivity contribution is 6.32. The summed E-state index contributed by atoms with van der Waals surface area (Å²) in [7, 11) is 2.21. The van der Waals surface area contributed by atoms with Crippen LogP contribution in [-0.2, 0) is 22.2 Å². The molecule has 4 aromatic rings. The van der Waals surface area contributed by atoms with Crippen LogP contribution >= 0.6 is 11.6 Å². The Labute approximate surface area is 315 Å². The van der Waals surface area contributed by atoms with Crippen molar-refractivity contribution in [3.8, 4) is 5.75 Å². The number of hydrogen-bond donors (Lipinski definition) is 2. The summed E-state index contributed by atoms with van der Waals surface area (Å²) < 4.78 is 43.2. The van der Waals surface area contributed by atoms with Crippen molar-refractivity contribution >= 4 is 45.4 Å². The molecule has 3 unspecified atom stereocenters. The van der Waals surface area contributed by atoms with Gasteiger partial charge in [0.15, 0.2) is 0 Å². The molecule has 288 valence electrons. The molecule has 4 aliphatic heterocycles. The molecule has 2 aromatic heterocycles. The van der Waals surface area contributed by atoms with Crippen LogP contribution in [-0.4, -0.2) is 115 Å². The van der Waals surface area contributed by atoms with Crippen molar-refractivity contribution < 1.29 is 27.9 Å². The first-order chi connectivity index (χ1) is 25.9. The fraction of sp³-hybridized carbons (Fsp3) is 0.538. The highest BCUT2D eigenvalue weighted by Gasteiger charge is 2.42. The zero-order valence-electron chi connectivity index (χ0n) is 30.2. The Bertz CT molecular complexity index is 2110. The minimum absolute atomic E-state index is 0.121. The Balaban J connectivity index is 0.970. The molecule has 0 saturated carbocycles. The van der Waals surface area contributed by atoms with Crippen LogP contribution in [0, 0.1) is 5.92 Å². The van der Waals surface area contributed by atoms with Gasteiger partial charge in [0, 0.05) is 75.2 Å². The van der Waals surface area contributed by atoms with Gasteiger partial charge < -0.3 is 24.8 Å². The minimum Gasteiger partial charge on any atom is -0.506 e. The Kier molecular flexibility index (Phi) is 9.88. The van der Waals surface area contributed by atoms with Gasteiger partial charge in [-0.1, -0.05) is 29.8 Å². The number of aromatic hydroxyl groups is 1. The van der Waals surface area contributed by atoms with Crippen molar-refractivity contribution in [3.05, 3.63) is 69.2 Å². The maximum absolute atomic E-state index is 14.2. The molecule has 0 radical (unpaired) electrons. The van der Waals surface area contributed by atoms with Gasteiger partial charge in [-0.2, -0.15) is 13.2 Å². The number of nitrogens with one attached hydrogen (secondary N) is 1. The summed E-state index contributed by atoms with van der Waals surface area (Å²) in [6, 6.07) is 11.1. The van der Waals surface area contributed by atoms with Gasteiger partial charge in [0.2, 0.25) is 11.8 Å². The van der Waals surface area contributed by atoms with E-state index in [1.165, 1.54) is 18.9 Å². The maximum Gasteiger partial charge on any atom is 0.420 e. The van der Waals surface area contributed by atoms with Gasteiger partial charge in [-0.15, -0.1) is 0 Å². The van der Waals surface area contributed by atoms with Crippen molar-refractivity contribution in [1.82, 2.24) is 34.1 Å². The van der Waals surface area contributed by atoms with Crippen LogP contribution in [0.1, 0.15) is 62.1 Å². The number of aromatic nitrogens is 3. The second kappa shape index (κ2) is 14.5. The number of carbonyl (C=O) groups excluding carboxylic acids is 2. The number of phenolic OH excluding ortho intramolecular Hbond substituents is 1. The number of benzene rings is 2. The predicted octanol–water partition coefficient (Wildman–Crippen LogP) is 5.44. The first-order valence-electron chi connectivity index (χ1n) is 18.9. The number of rotatable bonds is 7. The number of nitrogens with zero attached hydrogens (tertiary/aromatic N) is 6. The lowest BCUT2D eigenvalue weighted by atomic mass is 9.91. The maximum atomic E-state index is 14.2. The number of hydrogen-bond acceptors (Lipinski definition) is 7. The first kappa shape index (κ1) is 36.8. The van der Waals surface area contributed by atoms with Gasteiger partial charge in [-0.3, -0.25) is 24.0 Å². The molecule has 11 nitrogen and oxygen atoms in total. The number of para-hydroxylation sites is 1. The van der Waals surface area contributed by atoms with E-state index in [1.54, 1.807) is 20.6 Å². The molecule has 4 aliphatic rings. The zero-order valence-corrected chi connectivity index (χ0v) is 31.0. The summed E-state index contributed by atoms with van der Waals surface area (Å²) >= 11 is 6.06. The lowest BCUT2D eigenvalue weighted by Gasteiger charge is -2.45. The van der Waals surface area contributed by atoms with E-state index in [-0.39, 0.29) is 42.0 Å². The number of fused-ring (bicyclic) bond motifs is 5. The fourth-order valence-corrected chi connectivity index (χ4v) is 9.81. The molecule has 4 saturated heterocycles. The van der Waals surface area contributed by atoms with Crippen LogP contribution in [0.4, 0.5) is 13.2 Å². The molecular weight excluding hydrogens is 723 g/mol. The van der Waals surface area contributed by atoms with Gasteiger partial charge in [0.1, 0.15) is 5.75 Å². The molecule has 2 N–H and O–H groups in total. The number of amides is 2. The van der Waals surface area contributed by atoms with E-state index < -0.39 is 28.4 Å². The lowest BCUT2D eigenvalue weighted by Crippen LogP contribution is -2.56. The van der Waals surface area contributed by atoms with Crippen molar-refractivity contribution in [1.29, 1.82) is 0 Å². The average Bonchev–Trinajstić information content (AvgIpc) is 3.58. The predicted molar refractivity (Wildman–Crippen MR) is 198 cm³/mol. The number of phenols is 1. The van der Waals surface area contributed by atoms with Gasteiger partial charge in [0.05, 0.1) is 39.3 Å². The molecule has 0 aliphatic carbocycles. The Morgan fingerprint density at radius 2 is 1.63 bits per heavy atom. The molecule has 6 heterocycles. The number of likely N-dealkylation sites (tertiary alicyclic amines) is 1. The molecule has 2 amide bonds. The third kappa shape index (κ3) is 6.96. The summed E-state index contributed by atoms with van der Waals surface area (Å²) in [5.41, 5.74) is 0.790. The number of imidazole rings is 1. The van der Waals surface area contributed by atoms with E-state index in [0.29, 0.717) is 81.3 Å². The standard InChI is InChI=1S/C39H45ClF3N7O4/c1-46-26-6-7-27(46)21-28(20-26)47-12-14-49(15-13-47)37(53)24(16-23-17-30(39(41,42)43)36(52)31(40)18-23)19-34(51)48-10-8-25(9-11-48)50-33-22-44-32-5-3-2-4-29(32)35(33)45-38(50)54/h2-5,17-18,22,24-28,52H,6-16,19-21H2,1H3,(H,45,54). The number of carbonyl (C=O) groups is 2. The molecule has 0 spiro atoms. The third-order valence-electron chi connectivity index (χ3n) is 12.5. The highest BCUT2D eigenvalue weighted by atomic mass is 35.5. The van der Waals surface area contributed by atoms with E-state index in [2.05, 4.69) is 26.8 Å². The van der Waals surface area contributed by atoms with E-state index in [9.17, 15) is 32.7 Å². The Hall–Kier alpha value is -4.14. The molecule has 2 bridgehead atoms. The molecule has 8 rings (SSSR count). The van der Waals surface area contributed by atoms with E-state index in [4.69, 9.17) is 11.6 Å². The van der Waals surface area contributed by atoms with E-state index in [1.807, 2.05) is 24.3 Å². The van der Waals surface area contributed by atoms with Crippen LogP contribution in [0.5, 0.6) is 5.75 Å². The number of aromatic amines is 1. The fourth-order valence-electron chi connectivity index (χ4n) is 9.56. The van der Waals surface area contributed by atoms with Crippen LogP contribution in [0.25, 0.3) is 21.9 Å². The van der Waals surface area contributed by atoms with Gasteiger partial charge >= 0.3 is 11.9 Å². The number of H-pyrrole nitrogens is 1. The molecule has 3 atom stereocenters. The zero-order chi connectivity index (χ0) is 37.9. The number of alkyl halides is 3. The van der Waals surface area contributed by atoms with Crippen molar-refractivity contribution in [3.63, 3.8) is 0 Å². The highest BCUT2D eigenvalue weighted by Crippen LogP contribution is 2.41. The van der Waals surface area contributed by atoms with E-state index >= 15 is 0 Å². The van der Waals surface area contributed by atoms with Crippen LogP contribution < -0.4 is 5.69 Å². The number of halogens is 4. The summed E-state index contributed by atoms with van der Waals surface area (Å²) in [6.45, 7) is 3.07. The van der Waals surface area contributed by atoms with Crippen molar-refractivity contribution in [2.24, 2.45) is 5.92 Å². The van der Waals surface area contributed by atoms with Gasteiger partial charge in [0.25, 0.3) is 0 Å². The summed E-state index contributed by atoms with van der Waals surface area (Å²) in [5.74, 6) is -2.54. The number of pyridine rings is 1. The second-order valence-corrected chi connectivity index (χ2v) is 16.0. The normalized spacial score (nSPS) is 23.8. The summed E-state index contributed by atoms with van der Waals surface area (Å²) in [6.07, 6.45) is 2.18. The topological polar surface area (TPSA) is 118 Å². The number of piperazine rings is 1. The smallest absolute Gasteiger partial charge is 0.420 e. The summed E-state index contributed by atoms with van der Waals surface area (Å²) in [4.78, 5) is 57.3. The van der Waals surface area contributed by atoms with Crippen LogP contribution in [0.15, 0.2) is 47.4 Å². The monoisotopic (exact) mass is 767 g/mol. The number of piperidine rings is 2. The van der Waals surface area contributed by atoms with E-state index in [0.717, 1.165) is 29.8 Å². The van der Waals surface area contributed by atoms with Gasteiger partial charge in [-0.05, 0) is 75.8 Å². The van der Waals surface area contributed by atoms with Crippen LogP contribution in [0.3, 0.4) is 0 Å².